The van der Waals surface area contributed by atoms with Gasteiger partial charge in [-0.25, -0.2) is 14.3 Å². The second-order valence-electron chi connectivity index (χ2n) is 3.00. The third-order valence-corrected chi connectivity index (χ3v) is 2.43. The SMILES string of the molecule is COC(=O)NS(=O)(=O)NCC(C)(O)C(=O)O. The highest BCUT2D eigenvalue weighted by Crippen LogP contribution is 2.01. The van der Waals surface area contributed by atoms with Crippen LogP contribution in [0.25, 0.3) is 0 Å². The third-order valence-electron chi connectivity index (χ3n) is 1.47. The Kier molecular flexibility index (Phi) is 4.65. The van der Waals surface area contributed by atoms with E-state index in [0.717, 1.165) is 14.0 Å². The number of ether oxygens (including phenoxy) is 1. The molecule has 0 aromatic carbocycles. The van der Waals surface area contributed by atoms with E-state index in [1.807, 2.05) is 0 Å². The van der Waals surface area contributed by atoms with Crippen LogP contribution < -0.4 is 9.44 Å². The number of aliphatic hydroxyl groups is 1. The van der Waals surface area contributed by atoms with Gasteiger partial charge in [0.25, 0.3) is 0 Å². The number of hydrogen-bond acceptors (Lipinski definition) is 6. The van der Waals surface area contributed by atoms with Crippen LogP contribution >= 0.6 is 0 Å². The first kappa shape index (κ1) is 14.6. The maximum absolute atomic E-state index is 11.0. The minimum Gasteiger partial charge on any atom is -0.479 e. The fourth-order valence-electron chi connectivity index (χ4n) is 0.499. The zero-order chi connectivity index (χ0) is 13.0. The van der Waals surface area contributed by atoms with E-state index in [1.54, 1.807) is 4.72 Å². The number of hydrogen-bond donors (Lipinski definition) is 4. The summed E-state index contributed by atoms with van der Waals surface area (Å²) >= 11 is 0. The van der Waals surface area contributed by atoms with Crippen LogP contribution in [0.4, 0.5) is 4.79 Å². The Balaban J connectivity index is 4.41. The minimum absolute atomic E-state index is 0.797. The van der Waals surface area contributed by atoms with Crippen molar-refractivity contribution in [3.05, 3.63) is 0 Å². The summed E-state index contributed by atoms with van der Waals surface area (Å²) < 4.78 is 29.2. The maximum Gasteiger partial charge on any atom is 0.421 e. The first-order valence-electron chi connectivity index (χ1n) is 3.92. The molecule has 0 heterocycles. The Morgan fingerprint density at radius 1 is 1.44 bits per heavy atom. The molecular formula is C6H12N2O7S. The van der Waals surface area contributed by atoms with Gasteiger partial charge < -0.3 is 14.9 Å². The normalized spacial score (nSPS) is 14.9. The van der Waals surface area contributed by atoms with Crippen molar-refractivity contribution in [3.63, 3.8) is 0 Å². The predicted molar refractivity (Wildman–Crippen MR) is 50.7 cm³/mol. The molecule has 1 amide bonds. The third kappa shape index (κ3) is 4.91. The molecule has 0 aliphatic heterocycles. The Morgan fingerprint density at radius 3 is 2.31 bits per heavy atom. The molecule has 0 fully saturated rings. The number of methoxy groups -OCH3 is 1. The quantitative estimate of drug-likeness (QED) is 0.446. The minimum atomic E-state index is -4.26. The molecule has 94 valence electrons. The molecule has 0 aliphatic carbocycles. The van der Waals surface area contributed by atoms with Gasteiger partial charge in [0, 0.05) is 0 Å². The molecule has 0 rings (SSSR count). The van der Waals surface area contributed by atoms with E-state index in [4.69, 9.17) is 5.11 Å². The standard InChI is InChI=1S/C6H12N2O7S/c1-6(12,4(9)10)3-7-16(13,14)8-5(11)15-2/h7,12H,3H2,1-2H3,(H,8,11)(H,9,10). The number of nitrogens with one attached hydrogen (secondary N) is 2. The molecule has 9 nitrogen and oxygen atoms in total. The van der Waals surface area contributed by atoms with Gasteiger partial charge >= 0.3 is 22.3 Å². The molecule has 0 aliphatic rings. The molecule has 0 saturated heterocycles. The lowest BCUT2D eigenvalue weighted by atomic mass is 10.1. The van der Waals surface area contributed by atoms with Crippen molar-refractivity contribution in [1.29, 1.82) is 0 Å². The highest BCUT2D eigenvalue weighted by atomic mass is 32.2. The van der Waals surface area contributed by atoms with Gasteiger partial charge in [0.05, 0.1) is 13.7 Å². The summed E-state index contributed by atoms with van der Waals surface area (Å²) in [4.78, 5) is 21.0. The van der Waals surface area contributed by atoms with Crippen molar-refractivity contribution in [1.82, 2.24) is 9.44 Å². The number of aliphatic carboxylic acids is 1. The number of carboxylic acids is 1. The summed E-state index contributed by atoms with van der Waals surface area (Å²) in [6.45, 7) is 0.102. The maximum atomic E-state index is 11.0. The molecule has 0 aromatic heterocycles. The van der Waals surface area contributed by atoms with Crippen molar-refractivity contribution in [2.75, 3.05) is 13.7 Å². The fourth-order valence-corrected chi connectivity index (χ4v) is 1.34. The Labute approximate surface area is 91.6 Å². The Hall–Kier alpha value is -1.39. The lowest BCUT2D eigenvalue weighted by Crippen LogP contribution is -2.50. The van der Waals surface area contributed by atoms with E-state index in [-0.39, 0.29) is 0 Å². The number of carbonyl (C=O) groups is 2. The zero-order valence-electron chi connectivity index (χ0n) is 8.55. The highest BCUT2D eigenvalue weighted by molar-refractivity contribution is 7.88. The smallest absolute Gasteiger partial charge is 0.421 e. The van der Waals surface area contributed by atoms with Crippen LogP contribution in [-0.2, 0) is 19.7 Å². The van der Waals surface area contributed by atoms with Crippen LogP contribution in [0.3, 0.4) is 0 Å². The van der Waals surface area contributed by atoms with Crippen molar-refractivity contribution in [3.8, 4) is 0 Å². The van der Waals surface area contributed by atoms with E-state index >= 15 is 0 Å². The fraction of sp³-hybridized carbons (Fsp3) is 0.667. The zero-order valence-corrected chi connectivity index (χ0v) is 9.37. The average Bonchev–Trinajstić information content (AvgIpc) is 2.14. The van der Waals surface area contributed by atoms with Gasteiger partial charge in [0.1, 0.15) is 0 Å². The molecule has 10 heteroatoms. The van der Waals surface area contributed by atoms with Crippen molar-refractivity contribution in [2.45, 2.75) is 12.5 Å². The monoisotopic (exact) mass is 256 g/mol. The van der Waals surface area contributed by atoms with Gasteiger partial charge in [0.2, 0.25) is 0 Å². The highest BCUT2D eigenvalue weighted by Gasteiger charge is 2.31. The molecule has 16 heavy (non-hydrogen) atoms. The van der Waals surface area contributed by atoms with E-state index in [1.165, 1.54) is 4.72 Å². The summed E-state index contributed by atoms with van der Waals surface area (Å²) in [6, 6.07) is 0. The second-order valence-corrected chi connectivity index (χ2v) is 4.50. The number of carboxylic acid groups (broad SMARTS) is 1. The Morgan fingerprint density at radius 2 is 1.94 bits per heavy atom. The first-order chi connectivity index (χ1) is 7.10. The summed E-state index contributed by atoms with van der Waals surface area (Å²) in [5.41, 5.74) is -2.27. The molecule has 0 radical (unpaired) electrons. The topological polar surface area (TPSA) is 142 Å². The van der Waals surface area contributed by atoms with E-state index < -0.39 is 34.4 Å². The van der Waals surface area contributed by atoms with Gasteiger partial charge in [-0.3, -0.25) is 0 Å². The van der Waals surface area contributed by atoms with Crippen LogP contribution in [0.1, 0.15) is 6.92 Å². The van der Waals surface area contributed by atoms with Gasteiger partial charge in [-0.05, 0) is 6.92 Å². The van der Waals surface area contributed by atoms with Crippen molar-refractivity contribution >= 4 is 22.3 Å². The summed E-state index contributed by atoms with van der Waals surface area (Å²) in [6.07, 6.45) is -1.23. The number of rotatable bonds is 5. The predicted octanol–water partition coefficient (Wildman–Crippen LogP) is -1.99. The van der Waals surface area contributed by atoms with Crippen LogP contribution in [0.5, 0.6) is 0 Å². The van der Waals surface area contributed by atoms with Gasteiger partial charge in [0.15, 0.2) is 5.60 Å². The first-order valence-corrected chi connectivity index (χ1v) is 5.40. The summed E-state index contributed by atoms with van der Waals surface area (Å²) in [7, 11) is -3.30. The van der Waals surface area contributed by atoms with Crippen LogP contribution in [0.15, 0.2) is 0 Å². The van der Waals surface area contributed by atoms with Crippen molar-refractivity contribution in [2.24, 2.45) is 0 Å². The largest absolute Gasteiger partial charge is 0.479 e. The second kappa shape index (κ2) is 5.09. The molecule has 0 bridgehead atoms. The van der Waals surface area contributed by atoms with Crippen LogP contribution in [-0.4, -0.2) is 49.9 Å². The van der Waals surface area contributed by atoms with Gasteiger partial charge in [-0.15, -0.1) is 0 Å². The van der Waals surface area contributed by atoms with E-state index in [2.05, 4.69) is 4.74 Å². The molecular weight excluding hydrogens is 244 g/mol. The van der Waals surface area contributed by atoms with Crippen LogP contribution in [0, 0.1) is 0 Å². The van der Waals surface area contributed by atoms with Crippen LogP contribution in [0.2, 0.25) is 0 Å². The molecule has 4 N–H and O–H groups in total. The lowest BCUT2D eigenvalue weighted by molar-refractivity contribution is -0.155. The van der Waals surface area contributed by atoms with Gasteiger partial charge in [-0.1, -0.05) is 0 Å². The molecule has 1 atom stereocenters. The van der Waals surface area contributed by atoms with E-state index in [0.29, 0.717) is 0 Å². The molecule has 0 aromatic rings. The molecule has 0 spiro atoms. The van der Waals surface area contributed by atoms with Gasteiger partial charge in [-0.2, -0.15) is 13.1 Å². The molecule has 1 unspecified atom stereocenters. The number of amides is 1. The lowest BCUT2D eigenvalue weighted by Gasteiger charge is -2.18. The van der Waals surface area contributed by atoms with E-state index in [9.17, 15) is 23.1 Å². The summed E-state index contributed by atoms with van der Waals surface area (Å²) in [5, 5.41) is 17.6. The number of carbonyl (C=O) groups excluding carboxylic acids is 1. The Bertz CT molecular complexity index is 374. The average molecular weight is 256 g/mol. The van der Waals surface area contributed by atoms with Crippen molar-refractivity contribution < 1.29 is 33.0 Å². The summed E-state index contributed by atoms with van der Waals surface area (Å²) in [5.74, 6) is -1.60. The molecule has 0 saturated carbocycles.